The zero-order valence-corrected chi connectivity index (χ0v) is 16.4. The highest BCUT2D eigenvalue weighted by atomic mass is 16.5. The van der Waals surface area contributed by atoms with Crippen LogP contribution in [-0.2, 0) is 0 Å². The Morgan fingerprint density at radius 2 is 2.07 bits per heavy atom. The standard InChI is InChI=1S/C23H23N3O2/c1-6-21(16(4)12-24)19-11-22(23(27)26(14-19)17(5)13-25)18-8-15(3)9-20(10-18)28-7-2/h6,8-11,13-14,25H,1,5,7H2,2-4H3/b21-16-,25-13?. The van der Waals surface area contributed by atoms with Crippen LogP contribution in [0.25, 0.3) is 22.4 Å². The number of benzene rings is 1. The van der Waals surface area contributed by atoms with E-state index in [9.17, 15) is 10.1 Å². The average molecular weight is 373 g/mol. The molecule has 0 radical (unpaired) electrons. The van der Waals surface area contributed by atoms with E-state index in [1.54, 1.807) is 25.3 Å². The summed E-state index contributed by atoms with van der Waals surface area (Å²) in [6, 6.07) is 9.46. The molecule has 0 atom stereocenters. The van der Waals surface area contributed by atoms with E-state index in [0.717, 1.165) is 11.8 Å². The number of nitriles is 1. The van der Waals surface area contributed by atoms with E-state index >= 15 is 0 Å². The van der Waals surface area contributed by atoms with Crippen LogP contribution in [0, 0.1) is 23.7 Å². The molecule has 0 aliphatic carbocycles. The van der Waals surface area contributed by atoms with Crippen molar-refractivity contribution in [3.8, 4) is 22.9 Å². The summed E-state index contributed by atoms with van der Waals surface area (Å²) in [4.78, 5) is 13.1. The number of ether oxygens (including phenoxy) is 1. The van der Waals surface area contributed by atoms with Gasteiger partial charge < -0.3 is 10.1 Å². The lowest BCUT2D eigenvalue weighted by atomic mass is 9.97. The summed E-state index contributed by atoms with van der Waals surface area (Å²) in [5, 5.41) is 16.8. The molecule has 142 valence electrons. The third-order valence-corrected chi connectivity index (χ3v) is 4.25. The number of aryl methyl sites for hydroxylation is 1. The summed E-state index contributed by atoms with van der Waals surface area (Å²) in [6.07, 6.45) is 4.18. The van der Waals surface area contributed by atoms with Gasteiger partial charge in [0.2, 0.25) is 0 Å². The fourth-order valence-electron chi connectivity index (χ4n) is 2.92. The SMILES string of the molecule is C=C/C(=C(\C)C#N)c1cc(-c2cc(C)cc(OCC)c2)c(=O)n(C(=C)C=N)c1. The van der Waals surface area contributed by atoms with Gasteiger partial charge in [-0.25, -0.2) is 0 Å². The number of rotatable bonds is 7. The average Bonchev–Trinajstić information content (AvgIpc) is 2.68. The highest BCUT2D eigenvalue weighted by Gasteiger charge is 2.14. The molecule has 0 saturated carbocycles. The molecule has 0 unspecified atom stereocenters. The Hall–Kier alpha value is -3.65. The summed E-state index contributed by atoms with van der Waals surface area (Å²) in [5.74, 6) is 0.674. The molecule has 1 heterocycles. The lowest BCUT2D eigenvalue weighted by Crippen LogP contribution is -2.21. The van der Waals surface area contributed by atoms with Crippen LogP contribution in [0.4, 0.5) is 0 Å². The van der Waals surface area contributed by atoms with Gasteiger partial charge in [-0.2, -0.15) is 5.26 Å². The molecule has 0 saturated heterocycles. The zero-order chi connectivity index (χ0) is 20.8. The van der Waals surface area contributed by atoms with Crippen LogP contribution in [0.15, 0.2) is 60.1 Å². The summed E-state index contributed by atoms with van der Waals surface area (Å²) >= 11 is 0. The van der Waals surface area contributed by atoms with Gasteiger partial charge in [0.1, 0.15) is 5.75 Å². The quantitative estimate of drug-likeness (QED) is 0.429. The second kappa shape index (κ2) is 8.83. The van der Waals surface area contributed by atoms with Gasteiger partial charge in [0.05, 0.1) is 18.4 Å². The number of hydrogen-bond donors (Lipinski definition) is 1. The molecule has 1 N–H and O–H groups in total. The van der Waals surface area contributed by atoms with Gasteiger partial charge in [-0.3, -0.25) is 9.36 Å². The lowest BCUT2D eigenvalue weighted by Gasteiger charge is -2.14. The monoisotopic (exact) mass is 373 g/mol. The van der Waals surface area contributed by atoms with Crippen LogP contribution in [-0.4, -0.2) is 17.4 Å². The van der Waals surface area contributed by atoms with Crippen molar-refractivity contribution in [1.82, 2.24) is 4.57 Å². The first-order chi connectivity index (χ1) is 13.4. The summed E-state index contributed by atoms with van der Waals surface area (Å²) in [5.41, 5.74) is 3.74. The molecule has 1 aromatic carbocycles. The molecular formula is C23H23N3O2. The van der Waals surface area contributed by atoms with Crippen LogP contribution in [0.5, 0.6) is 5.75 Å². The van der Waals surface area contributed by atoms with Crippen LogP contribution in [0.1, 0.15) is 25.0 Å². The molecule has 28 heavy (non-hydrogen) atoms. The lowest BCUT2D eigenvalue weighted by molar-refractivity contribution is 0.340. The Balaban J connectivity index is 2.88. The van der Waals surface area contributed by atoms with Crippen molar-refractivity contribution in [3.63, 3.8) is 0 Å². The molecule has 5 heteroatoms. The Labute approximate surface area is 165 Å². The predicted octanol–water partition coefficient (Wildman–Crippen LogP) is 4.83. The predicted molar refractivity (Wildman–Crippen MR) is 115 cm³/mol. The van der Waals surface area contributed by atoms with E-state index in [4.69, 9.17) is 10.1 Å². The molecule has 0 bridgehead atoms. The van der Waals surface area contributed by atoms with Crippen molar-refractivity contribution in [1.29, 1.82) is 10.7 Å². The molecule has 0 amide bonds. The zero-order valence-electron chi connectivity index (χ0n) is 16.4. The van der Waals surface area contributed by atoms with Gasteiger partial charge in [0.15, 0.2) is 0 Å². The van der Waals surface area contributed by atoms with Crippen molar-refractivity contribution >= 4 is 17.5 Å². The third kappa shape index (κ3) is 4.18. The maximum Gasteiger partial charge on any atom is 0.263 e. The second-order valence-corrected chi connectivity index (χ2v) is 6.28. The second-order valence-electron chi connectivity index (χ2n) is 6.28. The van der Waals surface area contributed by atoms with Crippen molar-refractivity contribution in [2.75, 3.05) is 6.61 Å². The Morgan fingerprint density at radius 1 is 1.36 bits per heavy atom. The van der Waals surface area contributed by atoms with Crippen molar-refractivity contribution < 1.29 is 4.74 Å². The van der Waals surface area contributed by atoms with Crippen LogP contribution < -0.4 is 10.3 Å². The van der Waals surface area contributed by atoms with Gasteiger partial charge in [-0.05, 0) is 55.7 Å². The molecule has 0 fully saturated rings. The molecule has 0 spiro atoms. The Morgan fingerprint density at radius 3 is 2.64 bits per heavy atom. The molecular weight excluding hydrogens is 350 g/mol. The van der Waals surface area contributed by atoms with Crippen LogP contribution >= 0.6 is 0 Å². The van der Waals surface area contributed by atoms with E-state index in [0.29, 0.717) is 40.2 Å². The Kier molecular flexibility index (Phi) is 6.51. The minimum atomic E-state index is -0.302. The number of pyridine rings is 1. The highest BCUT2D eigenvalue weighted by Crippen LogP contribution is 2.28. The summed E-state index contributed by atoms with van der Waals surface area (Å²) in [7, 11) is 0. The maximum absolute atomic E-state index is 13.1. The summed E-state index contributed by atoms with van der Waals surface area (Å²) < 4.78 is 6.92. The topological polar surface area (TPSA) is 78.9 Å². The normalized spacial score (nSPS) is 11.2. The molecule has 2 rings (SSSR count). The number of aromatic nitrogens is 1. The minimum absolute atomic E-state index is 0.226. The van der Waals surface area contributed by atoms with Gasteiger partial charge in [0, 0.05) is 29.1 Å². The van der Waals surface area contributed by atoms with Gasteiger partial charge >= 0.3 is 0 Å². The van der Waals surface area contributed by atoms with E-state index in [-0.39, 0.29) is 11.3 Å². The Bertz CT molecular complexity index is 1080. The van der Waals surface area contributed by atoms with Crippen molar-refractivity contribution in [3.05, 3.63) is 76.8 Å². The first kappa shape index (κ1) is 20.7. The largest absolute Gasteiger partial charge is 0.494 e. The van der Waals surface area contributed by atoms with E-state index in [2.05, 4.69) is 19.2 Å². The number of hydrogen-bond acceptors (Lipinski definition) is 4. The van der Waals surface area contributed by atoms with E-state index < -0.39 is 0 Å². The van der Waals surface area contributed by atoms with E-state index in [1.807, 2.05) is 32.0 Å². The van der Waals surface area contributed by atoms with Crippen molar-refractivity contribution in [2.45, 2.75) is 20.8 Å². The fourth-order valence-corrected chi connectivity index (χ4v) is 2.92. The number of allylic oxidation sites excluding steroid dienone is 4. The van der Waals surface area contributed by atoms with E-state index in [1.165, 1.54) is 4.57 Å². The smallest absolute Gasteiger partial charge is 0.263 e. The first-order valence-electron chi connectivity index (χ1n) is 8.81. The first-order valence-corrected chi connectivity index (χ1v) is 8.81. The third-order valence-electron chi connectivity index (χ3n) is 4.25. The van der Waals surface area contributed by atoms with Crippen LogP contribution in [0.3, 0.4) is 0 Å². The van der Waals surface area contributed by atoms with Gasteiger partial charge in [0.25, 0.3) is 5.56 Å². The van der Waals surface area contributed by atoms with Gasteiger partial charge in [-0.15, -0.1) is 0 Å². The fraction of sp³-hybridized carbons (Fsp3) is 0.174. The molecule has 1 aromatic heterocycles. The van der Waals surface area contributed by atoms with Crippen molar-refractivity contribution in [2.24, 2.45) is 0 Å². The highest BCUT2D eigenvalue weighted by molar-refractivity contribution is 5.99. The molecule has 0 aliphatic rings. The molecule has 0 aliphatic heterocycles. The molecule has 2 aromatic rings. The van der Waals surface area contributed by atoms with Crippen LogP contribution in [0.2, 0.25) is 0 Å². The summed E-state index contributed by atoms with van der Waals surface area (Å²) in [6.45, 7) is 13.6. The number of nitrogens with one attached hydrogen (secondary N) is 1. The minimum Gasteiger partial charge on any atom is -0.494 e. The maximum atomic E-state index is 13.1. The number of nitrogens with zero attached hydrogens (tertiary/aromatic N) is 2. The molecule has 5 nitrogen and oxygen atoms in total. The van der Waals surface area contributed by atoms with Gasteiger partial charge in [-0.1, -0.05) is 25.3 Å².